The van der Waals surface area contributed by atoms with Crippen molar-refractivity contribution in [3.05, 3.63) is 53.6 Å². The average molecular weight is 271 g/mol. The minimum Gasteiger partial charge on any atom is -0.507 e. The Morgan fingerprint density at radius 1 is 1.00 bits per heavy atom. The van der Waals surface area contributed by atoms with Crippen molar-refractivity contribution < 1.29 is 10.2 Å². The standard InChI is InChI=1S/C17H21NO2/c1-3-5-13-8-10-14(11-9-13)18-12(2)17-15(19)6-4-7-16(17)20/h4,6-12,18-20H,3,5H2,1-2H3. The van der Waals surface area contributed by atoms with Crippen LogP contribution in [0.5, 0.6) is 11.5 Å². The number of hydrogen-bond donors (Lipinski definition) is 3. The summed E-state index contributed by atoms with van der Waals surface area (Å²) in [4.78, 5) is 0. The van der Waals surface area contributed by atoms with Crippen LogP contribution in [0, 0.1) is 0 Å². The summed E-state index contributed by atoms with van der Waals surface area (Å²) in [6, 6.07) is 12.9. The summed E-state index contributed by atoms with van der Waals surface area (Å²) in [5.74, 6) is 0.209. The van der Waals surface area contributed by atoms with Crippen LogP contribution in [0.25, 0.3) is 0 Å². The maximum Gasteiger partial charge on any atom is 0.124 e. The molecule has 0 heterocycles. The van der Waals surface area contributed by atoms with E-state index in [1.807, 2.05) is 19.1 Å². The van der Waals surface area contributed by atoms with Gasteiger partial charge in [0.1, 0.15) is 11.5 Å². The summed E-state index contributed by atoms with van der Waals surface area (Å²) in [6.45, 7) is 4.07. The van der Waals surface area contributed by atoms with E-state index in [2.05, 4.69) is 24.4 Å². The molecule has 2 aromatic rings. The van der Waals surface area contributed by atoms with E-state index in [-0.39, 0.29) is 17.5 Å². The first kappa shape index (κ1) is 14.3. The van der Waals surface area contributed by atoms with Gasteiger partial charge in [0, 0.05) is 5.69 Å². The van der Waals surface area contributed by atoms with Crippen LogP contribution in [0.15, 0.2) is 42.5 Å². The molecule has 0 aliphatic carbocycles. The van der Waals surface area contributed by atoms with Crippen molar-refractivity contribution in [2.75, 3.05) is 5.32 Å². The Balaban J connectivity index is 2.13. The first-order valence-corrected chi connectivity index (χ1v) is 6.98. The van der Waals surface area contributed by atoms with Gasteiger partial charge in [-0.2, -0.15) is 0 Å². The molecule has 1 unspecified atom stereocenters. The lowest BCUT2D eigenvalue weighted by Crippen LogP contribution is -2.07. The lowest BCUT2D eigenvalue weighted by molar-refractivity contribution is 0.434. The van der Waals surface area contributed by atoms with Crippen LogP contribution in [-0.2, 0) is 6.42 Å². The van der Waals surface area contributed by atoms with E-state index in [0.717, 1.165) is 18.5 Å². The molecule has 20 heavy (non-hydrogen) atoms. The first-order valence-electron chi connectivity index (χ1n) is 6.98. The van der Waals surface area contributed by atoms with Crippen molar-refractivity contribution in [2.45, 2.75) is 32.7 Å². The molecule has 3 heteroatoms. The van der Waals surface area contributed by atoms with Gasteiger partial charge in [0.05, 0.1) is 11.6 Å². The van der Waals surface area contributed by atoms with Gasteiger partial charge in [-0.1, -0.05) is 31.5 Å². The number of phenols is 2. The minimum absolute atomic E-state index is 0.104. The summed E-state index contributed by atoms with van der Waals surface area (Å²) in [5, 5.41) is 23.0. The fourth-order valence-electron chi connectivity index (χ4n) is 2.36. The highest BCUT2D eigenvalue weighted by molar-refractivity contribution is 5.52. The van der Waals surface area contributed by atoms with Gasteiger partial charge in [0.2, 0.25) is 0 Å². The minimum atomic E-state index is -0.173. The molecule has 3 N–H and O–H groups in total. The normalized spacial score (nSPS) is 12.1. The van der Waals surface area contributed by atoms with E-state index in [1.54, 1.807) is 18.2 Å². The summed E-state index contributed by atoms with van der Waals surface area (Å²) in [6.07, 6.45) is 2.21. The number of aryl methyl sites for hydroxylation is 1. The SMILES string of the molecule is CCCc1ccc(NC(C)c2c(O)cccc2O)cc1. The zero-order chi connectivity index (χ0) is 14.5. The molecule has 1 atom stereocenters. The van der Waals surface area contributed by atoms with E-state index in [9.17, 15) is 10.2 Å². The number of phenolic OH excluding ortho intramolecular Hbond substituents is 2. The molecule has 0 fully saturated rings. The fourth-order valence-corrected chi connectivity index (χ4v) is 2.36. The van der Waals surface area contributed by atoms with E-state index in [1.165, 1.54) is 5.56 Å². The lowest BCUT2D eigenvalue weighted by atomic mass is 10.0. The first-order chi connectivity index (χ1) is 9.61. The highest BCUT2D eigenvalue weighted by Crippen LogP contribution is 2.34. The predicted octanol–water partition coefficient (Wildman–Crippen LogP) is 4.22. The Bertz CT molecular complexity index is 543. The molecule has 0 aromatic heterocycles. The van der Waals surface area contributed by atoms with Crippen molar-refractivity contribution >= 4 is 5.69 Å². The smallest absolute Gasteiger partial charge is 0.124 e. The Labute approximate surface area is 119 Å². The van der Waals surface area contributed by atoms with Gasteiger partial charge in [0.25, 0.3) is 0 Å². The van der Waals surface area contributed by atoms with Crippen molar-refractivity contribution in [3.63, 3.8) is 0 Å². The molecule has 106 valence electrons. The van der Waals surface area contributed by atoms with Gasteiger partial charge in [-0.05, 0) is 43.2 Å². The summed E-state index contributed by atoms with van der Waals surface area (Å²) in [5.41, 5.74) is 2.81. The molecule has 3 nitrogen and oxygen atoms in total. The third kappa shape index (κ3) is 3.23. The third-order valence-corrected chi connectivity index (χ3v) is 3.37. The second-order valence-corrected chi connectivity index (χ2v) is 5.02. The fraction of sp³-hybridized carbons (Fsp3) is 0.294. The second-order valence-electron chi connectivity index (χ2n) is 5.02. The lowest BCUT2D eigenvalue weighted by Gasteiger charge is -2.18. The number of rotatable bonds is 5. The molecular weight excluding hydrogens is 250 g/mol. The monoisotopic (exact) mass is 271 g/mol. The molecule has 0 saturated carbocycles. The topological polar surface area (TPSA) is 52.5 Å². The molecule has 0 spiro atoms. The quantitative estimate of drug-likeness (QED) is 0.763. The van der Waals surface area contributed by atoms with Crippen LogP contribution >= 0.6 is 0 Å². The molecule has 0 radical (unpaired) electrons. The number of nitrogens with one attached hydrogen (secondary N) is 1. The van der Waals surface area contributed by atoms with Gasteiger partial charge in [-0.3, -0.25) is 0 Å². The second kappa shape index (κ2) is 6.33. The number of hydrogen-bond acceptors (Lipinski definition) is 3. The Morgan fingerprint density at radius 3 is 2.15 bits per heavy atom. The maximum absolute atomic E-state index is 9.85. The summed E-state index contributed by atoms with van der Waals surface area (Å²) >= 11 is 0. The van der Waals surface area contributed by atoms with Crippen molar-refractivity contribution in [2.24, 2.45) is 0 Å². The molecule has 0 aliphatic rings. The van der Waals surface area contributed by atoms with Gasteiger partial charge in [-0.15, -0.1) is 0 Å². The molecule has 0 bridgehead atoms. The summed E-state index contributed by atoms with van der Waals surface area (Å²) in [7, 11) is 0. The van der Waals surface area contributed by atoms with Gasteiger partial charge < -0.3 is 15.5 Å². The van der Waals surface area contributed by atoms with Crippen LogP contribution < -0.4 is 5.32 Å². The van der Waals surface area contributed by atoms with Crippen molar-refractivity contribution in [3.8, 4) is 11.5 Å². The Kier molecular flexibility index (Phi) is 4.51. The van der Waals surface area contributed by atoms with E-state index in [0.29, 0.717) is 5.56 Å². The number of benzene rings is 2. The van der Waals surface area contributed by atoms with Gasteiger partial charge in [0.15, 0.2) is 0 Å². The summed E-state index contributed by atoms with van der Waals surface area (Å²) < 4.78 is 0. The van der Waals surface area contributed by atoms with Crippen LogP contribution in [0.4, 0.5) is 5.69 Å². The maximum atomic E-state index is 9.85. The highest BCUT2D eigenvalue weighted by atomic mass is 16.3. The zero-order valence-corrected chi connectivity index (χ0v) is 11.9. The zero-order valence-electron chi connectivity index (χ0n) is 11.9. The van der Waals surface area contributed by atoms with Gasteiger partial charge >= 0.3 is 0 Å². The predicted molar refractivity (Wildman–Crippen MR) is 82.2 cm³/mol. The molecule has 0 saturated heterocycles. The Hall–Kier alpha value is -2.16. The van der Waals surface area contributed by atoms with Crippen LogP contribution in [0.1, 0.15) is 37.4 Å². The van der Waals surface area contributed by atoms with E-state index >= 15 is 0 Å². The number of anilines is 1. The van der Waals surface area contributed by atoms with Crippen LogP contribution in [0.3, 0.4) is 0 Å². The average Bonchev–Trinajstić information content (AvgIpc) is 2.41. The largest absolute Gasteiger partial charge is 0.507 e. The van der Waals surface area contributed by atoms with Crippen LogP contribution in [-0.4, -0.2) is 10.2 Å². The highest BCUT2D eigenvalue weighted by Gasteiger charge is 2.14. The molecule has 2 rings (SSSR count). The number of aromatic hydroxyl groups is 2. The Morgan fingerprint density at radius 2 is 1.60 bits per heavy atom. The molecule has 0 aliphatic heterocycles. The van der Waals surface area contributed by atoms with Crippen molar-refractivity contribution in [1.29, 1.82) is 0 Å². The molecular formula is C17H21NO2. The van der Waals surface area contributed by atoms with Gasteiger partial charge in [-0.25, -0.2) is 0 Å². The van der Waals surface area contributed by atoms with E-state index < -0.39 is 0 Å². The molecule has 2 aromatic carbocycles. The van der Waals surface area contributed by atoms with Crippen LogP contribution in [0.2, 0.25) is 0 Å². The third-order valence-electron chi connectivity index (χ3n) is 3.37. The molecule has 0 amide bonds. The van der Waals surface area contributed by atoms with E-state index in [4.69, 9.17) is 0 Å². The van der Waals surface area contributed by atoms with Crippen molar-refractivity contribution in [1.82, 2.24) is 0 Å².